The van der Waals surface area contributed by atoms with E-state index in [0.717, 1.165) is 0 Å². The van der Waals surface area contributed by atoms with Gasteiger partial charge in [-0.15, -0.1) is 0 Å². The van der Waals surface area contributed by atoms with Gasteiger partial charge in [-0.05, 0) is 31.1 Å². The summed E-state index contributed by atoms with van der Waals surface area (Å²) in [7, 11) is 0. The summed E-state index contributed by atoms with van der Waals surface area (Å²) in [5.74, 6) is -5.91. The molecule has 2 saturated heterocycles. The Hall–Kier alpha value is -2.13. The van der Waals surface area contributed by atoms with Gasteiger partial charge in [-0.25, -0.2) is 13.8 Å². The first-order valence-electron chi connectivity index (χ1n) is 9.49. The first-order valence-corrected chi connectivity index (χ1v) is 9.49. The summed E-state index contributed by atoms with van der Waals surface area (Å²) in [6.45, 7) is 1.87. The molecule has 3 heterocycles. The van der Waals surface area contributed by atoms with Gasteiger partial charge in [0.15, 0.2) is 0 Å². The Morgan fingerprint density at radius 1 is 1.21 bits per heavy atom. The van der Waals surface area contributed by atoms with Crippen LogP contribution < -0.4 is 9.80 Å². The lowest BCUT2D eigenvalue weighted by Crippen LogP contribution is -2.64. The van der Waals surface area contributed by atoms with Crippen molar-refractivity contribution in [3.63, 3.8) is 0 Å². The minimum Gasteiger partial charge on any atom is -0.481 e. The zero-order valence-electron chi connectivity index (χ0n) is 15.2. The maximum absolute atomic E-state index is 14.4. The lowest BCUT2D eigenvalue weighted by atomic mass is 10.0. The van der Waals surface area contributed by atoms with E-state index >= 15 is 0 Å². The number of anilines is 2. The summed E-state index contributed by atoms with van der Waals surface area (Å²) in [5.41, 5.74) is 0.0438. The molecule has 0 amide bonds. The van der Waals surface area contributed by atoms with Gasteiger partial charge in [-0.3, -0.25) is 4.79 Å². The third kappa shape index (κ3) is 2.49. The molecule has 3 fully saturated rings. The summed E-state index contributed by atoms with van der Waals surface area (Å²) in [4.78, 5) is 22.5. The molecule has 28 heavy (non-hydrogen) atoms. The second-order valence-corrected chi connectivity index (χ2v) is 8.44. The minimum absolute atomic E-state index is 0.0728. The number of piperidine rings is 1. The van der Waals surface area contributed by atoms with Crippen LogP contribution in [0, 0.1) is 17.8 Å². The number of carbonyl (C=O) groups is 1. The van der Waals surface area contributed by atoms with Crippen LogP contribution in [0.3, 0.4) is 0 Å². The highest BCUT2D eigenvalue weighted by Crippen LogP contribution is 2.55. The number of fused-ring (bicyclic) bond motifs is 2. The summed E-state index contributed by atoms with van der Waals surface area (Å²) < 4.78 is 55.9. The van der Waals surface area contributed by atoms with Gasteiger partial charge in [0, 0.05) is 31.5 Å². The van der Waals surface area contributed by atoms with E-state index in [1.54, 1.807) is 0 Å². The van der Waals surface area contributed by atoms with Gasteiger partial charge in [0.2, 0.25) is 5.95 Å². The van der Waals surface area contributed by atoms with Crippen molar-refractivity contribution in [1.29, 1.82) is 0 Å². The molecule has 152 valence electrons. The number of halogens is 4. The van der Waals surface area contributed by atoms with E-state index in [-0.39, 0.29) is 48.7 Å². The molecule has 1 N–H and O–H groups in total. The Morgan fingerprint density at radius 2 is 1.89 bits per heavy atom. The fraction of sp³-hybridized carbons (Fsp3) is 0.722. The first-order chi connectivity index (χ1) is 13.1. The van der Waals surface area contributed by atoms with Crippen molar-refractivity contribution >= 4 is 17.7 Å². The van der Waals surface area contributed by atoms with Crippen LogP contribution in [0.5, 0.6) is 0 Å². The Labute approximate surface area is 158 Å². The van der Waals surface area contributed by atoms with Crippen molar-refractivity contribution in [3.05, 3.63) is 11.3 Å². The molecular weight excluding hydrogens is 380 g/mol. The second kappa shape index (κ2) is 5.48. The number of carboxylic acids is 1. The molecule has 5 rings (SSSR count). The maximum atomic E-state index is 14.4. The lowest BCUT2D eigenvalue weighted by Gasteiger charge is -2.46. The van der Waals surface area contributed by atoms with E-state index in [9.17, 15) is 22.4 Å². The van der Waals surface area contributed by atoms with Crippen LogP contribution in [0.4, 0.5) is 29.3 Å². The van der Waals surface area contributed by atoms with E-state index in [1.165, 1.54) is 11.8 Å². The molecule has 6 nitrogen and oxygen atoms in total. The predicted molar refractivity (Wildman–Crippen MR) is 90.9 cm³/mol. The van der Waals surface area contributed by atoms with E-state index in [2.05, 4.69) is 9.97 Å². The number of hydrogen-bond donors (Lipinski definition) is 1. The second-order valence-electron chi connectivity index (χ2n) is 8.44. The molecule has 4 aliphatic rings. The quantitative estimate of drug-likeness (QED) is 0.784. The number of hydrogen-bond acceptors (Lipinski definition) is 5. The molecular formula is C18H20F4N4O2. The van der Waals surface area contributed by atoms with Crippen molar-refractivity contribution in [3.8, 4) is 0 Å². The molecule has 2 aliphatic heterocycles. The summed E-state index contributed by atoms with van der Waals surface area (Å²) in [6, 6.07) is -1.14. The van der Waals surface area contributed by atoms with Crippen molar-refractivity contribution in [1.82, 2.24) is 9.97 Å². The largest absolute Gasteiger partial charge is 0.481 e. The fourth-order valence-corrected chi connectivity index (χ4v) is 4.97. The van der Waals surface area contributed by atoms with Crippen LogP contribution >= 0.6 is 0 Å². The lowest BCUT2D eigenvalue weighted by molar-refractivity contribution is -0.137. The summed E-state index contributed by atoms with van der Waals surface area (Å²) >= 11 is 0. The first kappa shape index (κ1) is 17.9. The van der Waals surface area contributed by atoms with E-state index in [0.29, 0.717) is 24.5 Å². The average molecular weight is 400 g/mol. The van der Waals surface area contributed by atoms with Crippen molar-refractivity contribution in [2.45, 2.75) is 44.1 Å². The molecule has 0 bridgehead atoms. The van der Waals surface area contributed by atoms with Crippen LogP contribution in [0.25, 0.3) is 0 Å². The molecule has 1 aromatic heterocycles. The summed E-state index contributed by atoms with van der Waals surface area (Å²) in [6.07, 6.45) is -0.0929. The Kier molecular flexibility index (Phi) is 3.51. The number of alkyl halides is 4. The SMILES string of the molecule is C[C@@H]1N(c2nc(N3C[C@@H]4[C@@H](CC(=O)O)[C@@H]4C3)c3c(n2)C(F)(F)CC3)CC1(F)F. The standard InChI is InChI=1S/C18H20F4N4O2/c1-8-18(21,22)7-26(8)16-23-14-9(2-3-17(14,19)20)15(24-16)25-5-11-10(4-13(27)28)12(11)6-25/h8,10-12H,2-7H2,1H3,(H,27,28)/t8-,10-,11-,12+/m0/s1. The van der Waals surface area contributed by atoms with Gasteiger partial charge in [0.05, 0.1) is 12.6 Å². The van der Waals surface area contributed by atoms with Gasteiger partial charge < -0.3 is 14.9 Å². The van der Waals surface area contributed by atoms with Gasteiger partial charge in [-0.1, -0.05) is 0 Å². The normalized spacial score (nSPS) is 34.0. The molecule has 1 aromatic rings. The molecule has 0 aromatic carbocycles. The molecule has 4 atom stereocenters. The third-order valence-corrected chi connectivity index (χ3v) is 6.81. The Bertz CT molecular complexity index is 852. The predicted octanol–water partition coefficient (Wildman–Crippen LogP) is 2.52. The maximum Gasteiger partial charge on any atom is 0.303 e. The smallest absolute Gasteiger partial charge is 0.303 e. The van der Waals surface area contributed by atoms with Crippen molar-refractivity contribution in [2.75, 3.05) is 29.4 Å². The minimum atomic E-state index is -3.09. The number of nitrogens with zero attached hydrogens (tertiary/aromatic N) is 4. The zero-order chi connectivity index (χ0) is 20.0. The highest BCUT2D eigenvalue weighted by atomic mass is 19.3. The topological polar surface area (TPSA) is 69.6 Å². The number of aromatic nitrogens is 2. The molecule has 0 unspecified atom stereocenters. The highest BCUT2D eigenvalue weighted by molar-refractivity contribution is 5.68. The highest BCUT2D eigenvalue weighted by Gasteiger charge is 2.58. The Morgan fingerprint density at radius 3 is 2.46 bits per heavy atom. The monoisotopic (exact) mass is 400 g/mol. The molecule has 0 radical (unpaired) electrons. The van der Waals surface area contributed by atoms with E-state index < -0.39 is 30.4 Å². The van der Waals surface area contributed by atoms with Gasteiger partial charge in [-0.2, -0.15) is 13.8 Å². The van der Waals surface area contributed by atoms with Crippen LogP contribution in [-0.4, -0.2) is 52.6 Å². The van der Waals surface area contributed by atoms with Gasteiger partial charge in [0.1, 0.15) is 11.5 Å². The van der Waals surface area contributed by atoms with Crippen LogP contribution in [-0.2, 0) is 17.1 Å². The summed E-state index contributed by atoms with van der Waals surface area (Å²) in [5, 5.41) is 8.96. The van der Waals surface area contributed by atoms with E-state index in [4.69, 9.17) is 5.11 Å². The molecule has 10 heteroatoms. The van der Waals surface area contributed by atoms with Crippen LogP contribution in [0.15, 0.2) is 0 Å². The number of carboxylic acid groups (broad SMARTS) is 1. The third-order valence-electron chi connectivity index (χ3n) is 6.81. The molecule has 1 saturated carbocycles. The van der Waals surface area contributed by atoms with Crippen LogP contribution in [0.2, 0.25) is 0 Å². The molecule has 2 aliphatic carbocycles. The fourth-order valence-electron chi connectivity index (χ4n) is 4.97. The Balaban J connectivity index is 1.45. The molecule has 0 spiro atoms. The average Bonchev–Trinajstić information content (AvgIpc) is 2.96. The van der Waals surface area contributed by atoms with Crippen molar-refractivity contribution in [2.24, 2.45) is 17.8 Å². The zero-order valence-corrected chi connectivity index (χ0v) is 15.2. The van der Waals surface area contributed by atoms with Gasteiger partial charge in [0.25, 0.3) is 11.8 Å². The van der Waals surface area contributed by atoms with Crippen LogP contribution in [0.1, 0.15) is 31.0 Å². The van der Waals surface area contributed by atoms with E-state index in [1.807, 2.05) is 4.90 Å². The number of rotatable bonds is 4. The van der Waals surface area contributed by atoms with Crippen molar-refractivity contribution < 1.29 is 27.5 Å². The number of aliphatic carboxylic acids is 1. The van der Waals surface area contributed by atoms with Gasteiger partial charge >= 0.3 is 5.97 Å².